The first-order valence-electron chi connectivity index (χ1n) is 9.40. The van der Waals surface area contributed by atoms with Crippen molar-refractivity contribution in [2.45, 2.75) is 6.92 Å². The van der Waals surface area contributed by atoms with Crippen molar-refractivity contribution in [2.75, 3.05) is 0 Å². The average Bonchev–Trinajstić information content (AvgIpc) is 2.79. The minimum absolute atomic E-state index is 0.0263. The highest BCUT2D eigenvalue weighted by Gasteiger charge is 2.14. The maximum atomic E-state index is 12.8. The van der Waals surface area contributed by atoms with Gasteiger partial charge in [0.05, 0.1) is 5.71 Å². The van der Waals surface area contributed by atoms with E-state index in [4.69, 9.17) is 11.6 Å². The summed E-state index contributed by atoms with van der Waals surface area (Å²) in [5.74, 6) is -0.870. The fourth-order valence-electron chi connectivity index (χ4n) is 2.63. The van der Waals surface area contributed by atoms with Gasteiger partial charge in [0.1, 0.15) is 11.4 Å². The van der Waals surface area contributed by atoms with E-state index in [9.17, 15) is 14.7 Å². The van der Waals surface area contributed by atoms with Crippen LogP contribution >= 0.6 is 11.6 Å². The topological polar surface area (TPSA) is 90.8 Å². The number of halogens is 1. The lowest BCUT2D eigenvalue weighted by Crippen LogP contribution is -2.33. The summed E-state index contributed by atoms with van der Waals surface area (Å²) in [7, 11) is 0. The van der Waals surface area contributed by atoms with E-state index in [0.717, 1.165) is 5.56 Å². The zero-order chi connectivity index (χ0) is 22.2. The normalized spacial score (nSPS) is 11.7. The number of nitrogens with zero attached hydrogens (tertiary/aromatic N) is 1. The van der Waals surface area contributed by atoms with Crippen LogP contribution in [0.1, 0.15) is 28.4 Å². The van der Waals surface area contributed by atoms with E-state index in [2.05, 4.69) is 15.8 Å². The molecule has 0 atom stereocenters. The molecule has 0 spiro atoms. The van der Waals surface area contributed by atoms with Crippen LogP contribution in [0.2, 0.25) is 5.02 Å². The fourth-order valence-corrected chi connectivity index (χ4v) is 2.76. The summed E-state index contributed by atoms with van der Waals surface area (Å²) >= 11 is 5.92. The molecule has 0 aliphatic rings. The lowest BCUT2D eigenvalue weighted by atomic mass is 10.1. The first-order valence-corrected chi connectivity index (χ1v) is 9.78. The number of nitrogens with one attached hydrogen (secondary N) is 2. The lowest BCUT2D eigenvalue weighted by molar-refractivity contribution is -0.117. The number of carbonyl (C=O) groups is 2. The second-order valence-corrected chi connectivity index (χ2v) is 7.05. The van der Waals surface area contributed by atoms with E-state index >= 15 is 0 Å². The Bertz CT molecular complexity index is 1120. The lowest BCUT2D eigenvalue weighted by Gasteiger charge is -2.10. The minimum Gasteiger partial charge on any atom is -0.508 e. The molecule has 7 heteroatoms. The third kappa shape index (κ3) is 6.29. The molecule has 0 aliphatic heterocycles. The van der Waals surface area contributed by atoms with Crippen LogP contribution < -0.4 is 10.7 Å². The SMILES string of the molecule is C/C(=N\NC(=O)C(=Cc1ccc(Cl)cc1)NC(=O)c1ccccc1)c1ccc(O)cc1. The Labute approximate surface area is 184 Å². The summed E-state index contributed by atoms with van der Waals surface area (Å²) in [5.41, 5.74) is 4.85. The zero-order valence-corrected chi connectivity index (χ0v) is 17.4. The Balaban J connectivity index is 1.83. The number of phenolic OH excluding ortho intramolecular Hbond substituents is 1. The quantitative estimate of drug-likeness (QED) is 0.306. The molecule has 0 unspecified atom stereocenters. The molecule has 0 fully saturated rings. The molecule has 3 aromatic rings. The molecule has 0 bridgehead atoms. The molecule has 0 radical (unpaired) electrons. The van der Waals surface area contributed by atoms with Gasteiger partial charge in [-0.05, 0) is 72.7 Å². The number of benzene rings is 3. The van der Waals surface area contributed by atoms with Crippen molar-refractivity contribution < 1.29 is 14.7 Å². The van der Waals surface area contributed by atoms with Gasteiger partial charge in [0.25, 0.3) is 11.8 Å². The predicted molar refractivity (Wildman–Crippen MR) is 122 cm³/mol. The number of hydrogen-bond donors (Lipinski definition) is 3. The van der Waals surface area contributed by atoms with Gasteiger partial charge in [-0.3, -0.25) is 9.59 Å². The summed E-state index contributed by atoms with van der Waals surface area (Å²) in [4.78, 5) is 25.4. The number of carbonyl (C=O) groups excluding carboxylic acids is 2. The Morgan fingerprint density at radius 3 is 2.19 bits per heavy atom. The third-order valence-corrected chi connectivity index (χ3v) is 4.57. The van der Waals surface area contributed by atoms with Crippen LogP contribution in [0, 0.1) is 0 Å². The number of rotatable bonds is 6. The van der Waals surface area contributed by atoms with Crippen molar-refractivity contribution in [2.24, 2.45) is 5.10 Å². The summed E-state index contributed by atoms with van der Waals surface area (Å²) < 4.78 is 0. The molecular weight excluding hydrogens is 414 g/mol. The standard InChI is InChI=1S/C24H20ClN3O3/c1-16(18-9-13-21(29)14-10-18)27-28-24(31)22(15-17-7-11-20(25)12-8-17)26-23(30)19-5-3-2-4-6-19/h2-15,29H,1H3,(H,26,30)(H,28,31)/b22-15?,27-16+. The highest BCUT2D eigenvalue weighted by molar-refractivity contribution is 6.30. The fraction of sp³-hybridized carbons (Fsp3) is 0.0417. The maximum Gasteiger partial charge on any atom is 0.287 e. The first-order chi connectivity index (χ1) is 14.9. The van der Waals surface area contributed by atoms with Gasteiger partial charge >= 0.3 is 0 Å². The Kier molecular flexibility index (Phi) is 7.19. The van der Waals surface area contributed by atoms with Crippen molar-refractivity contribution in [3.8, 4) is 5.75 Å². The average molecular weight is 434 g/mol. The molecular formula is C24H20ClN3O3. The summed E-state index contributed by atoms with van der Waals surface area (Å²) in [6.45, 7) is 1.72. The molecule has 3 aromatic carbocycles. The number of amides is 2. The minimum atomic E-state index is -0.586. The van der Waals surface area contributed by atoms with Gasteiger partial charge in [0.2, 0.25) is 0 Å². The molecule has 0 heterocycles. The third-order valence-electron chi connectivity index (χ3n) is 4.32. The summed E-state index contributed by atoms with van der Waals surface area (Å²) in [5, 5.41) is 16.7. The second kappa shape index (κ2) is 10.2. The maximum absolute atomic E-state index is 12.8. The molecule has 2 amide bonds. The van der Waals surface area contributed by atoms with Crippen LogP contribution in [0.5, 0.6) is 5.75 Å². The molecule has 6 nitrogen and oxygen atoms in total. The van der Waals surface area contributed by atoms with E-state index in [0.29, 0.717) is 21.9 Å². The Morgan fingerprint density at radius 2 is 1.55 bits per heavy atom. The highest BCUT2D eigenvalue weighted by Crippen LogP contribution is 2.13. The van der Waals surface area contributed by atoms with Gasteiger partial charge in [-0.1, -0.05) is 41.9 Å². The van der Waals surface area contributed by atoms with E-state index in [-0.39, 0.29) is 11.4 Å². The first kappa shape index (κ1) is 21.8. The Hall–Kier alpha value is -3.90. The predicted octanol–water partition coefficient (Wildman–Crippen LogP) is 4.36. The largest absolute Gasteiger partial charge is 0.508 e. The van der Waals surface area contributed by atoms with E-state index in [1.807, 2.05) is 0 Å². The van der Waals surface area contributed by atoms with Crippen LogP contribution in [0.4, 0.5) is 0 Å². The monoisotopic (exact) mass is 433 g/mol. The van der Waals surface area contributed by atoms with Crippen LogP contribution in [-0.2, 0) is 4.79 Å². The second-order valence-electron chi connectivity index (χ2n) is 6.61. The van der Waals surface area contributed by atoms with Crippen molar-refractivity contribution >= 4 is 35.2 Å². The van der Waals surface area contributed by atoms with E-state index in [1.54, 1.807) is 73.7 Å². The molecule has 31 heavy (non-hydrogen) atoms. The van der Waals surface area contributed by atoms with Gasteiger partial charge in [-0.2, -0.15) is 5.10 Å². The van der Waals surface area contributed by atoms with E-state index < -0.39 is 11.8 Å². The number of hydrazone groups is 1. The molecule has 0 saturated heterocycles. The molecule has 0 saturated carbocycles. The van der Waals surface area contributed by atoms with Crippen molar-refractivity contribution in [3.63, 3.8) is 0 Å². The van der Waals surface area contributed by atoms with Gasteiger partial charge < -0.3 is 10.4 Å². The van der Waals surface area contributed by atoms with E-state index in [1.165, 1.54) is 18.2 Å². The van der Waals surface area contributed by atoms with Gasteiger partial charge in [0, 0.05) is 10.6 Å². The van der Waals surface area contributed by atoms with Crippen molar-refractivity contribution in [1.82, 2.24) is 10.7 Å². The highest BCUT2D eigenvalue weighted by atomic mass is 35.5. The van der Waals surface area contributed by atoms with Crippen LogP contribution in [0.15, 0.2) is 89.7 Å². The molecule has 0 aliphatic carbocycles. The molecule has 0 aromatic heterocycles. The van der Waals surface area contributed by atoms with Gasteiger partial charge in [0.15, 0.2) is 0 Å². The molecule has 156 valence electrons. The van der Waals surface area contributed by atoms with Crippen LogP contribution in [-0.4, -0.2) is 22.6 Å². The van der Waals surface area contributed by atoms with Crippen LogP contribution in [0.3, 0.4) is 0 Å². The van der Waals surface area contributed by atoms with Gasteiger partial charge in [-0.15, -0.1) is 0 Å². The molecule has 3 rings (SSSR count). The smallest absolute Gasteiger partial charge is 0.287 e. The van der Waals surface area contributed by atoms with Crippen LogP contribution in [0.25, 0.3) is 6.08 Å². The zero-order valence-electron chi connectivity index (χ0n) is 16.7. The number of phenols is 1. The van der Waals surface area contributed by atoms with Crippen molar-refractivity contribution in [3.05, 3.63) is 106 Å². The molecule has 3 N–H and O–H groups in total. The van der Waals surface area contributed by atoms with Gasteiger partial charge in [-0.25, -0.2) is 5.43 Å². The Morgan fingerprint density at radius 1 is 0.903 bits per heavy atom. The summed E-state index contributed by atoms with van der Waals surface area (Å²) in [6, 6.07) is 21.9. The number of hydrogen-bond acceptors (Lipinski definition) is 4. The summed E-state index contributed by atoms with van der Waals surface area (Å²) in [6.07, 6.45) is 1.54. The van der Waals surface area contributed by atoms with Crippen molar-refractivity contribution in [1.29, 1.82) is 0 Å². The number of aromatic hydroxyl groups is 1.